The van der Waals surface area contributed by atoms with Gasteiger partial charge in [-0.3, -0.25) is 9.69 Å². The molecule has 1 aromatic rings. The van der Waals surface area contributed by atoms with Crippen molar-refractivity contribution in [1.82, 2.24) is 15.1 Å². The summed E-state index contributed by atoms with van der Waals surface area (Å²) in [6.45, 7) is 8.10. The molecule has 1 aliphatic heterocycles. The molecular weight excluding hydrogens is 365 g/mol. The topological polar surface area (TPSA) is 35.6 Å². The standard InChI is InChI=1S/C15H22IN3O/c1-12-3-4-13(14(16)11-12)15(20)17-5-6-19-9-7-18(2)8-10-19/h3-4,11H,5-10H2,1-2H3,(H,17,20). The number of nitrogens with one attached hydrogen (secondary N) is 1. The van der Waals surface area contributed by atoms with Crippen LogP contribution in [0.1, 0.15) is 15.9 Å². The molecule has 1 aromatic carbocycles. The Labute approximate surface area is 134 Å². The quantitative estimate of drug-likeness (QED) is 0.797. The molecule has 0 aromatic heterocycles. The molecule has 2 rings (SSSR count). The highest BCUT2D eigenvalue weighted by molar-refractivity contribution is 14.1. The summed E-state index contributed by atoms with van der Waals surface area (Å²) in [5.74, 6) is 0.0310. The SMILES string of the molecule is Cc1ccc(C(=O)NCCN2CCN(C)CC2)c(I)c1. The summed E-state index contributed by atoms with van der Waals surface area (Å²) in [5.41, 5.74) is 1.96. The van der Waals surface area contributed by atoms with Crippen LogP contribution in [0.25, 0.3) is 0 Å². The number of carbonyl (C=O) groups excluding carboxylic acids is 1. The van der Waals surface area contributed by atoms with Crippen molar-refractivity contribution in [2.45, 2.75) is 6.92 Å². The van der Waals surface area contributed by atoms with Crippen molar-refractivity contribution in [2.75, 3.05) is 46.3 Å². The van der Waals surface area contributed by atoms with Gasteiger partial charge in [0.05, 0.1) is 5.56 Å². The molecule has 0 spiro atoms. The van der Waals surface area contributed by atoms with Gasteiger partial charge < -0.3 is 10.2 Å². The minimum absolute atomic E-state index is 0.0310. The van der Waals surface area contributed by atoms with Crippen LogP contribution in [0.2, 0.25) is 0 Å². The van der Waals surface area contributed by atoms with Gasteiger partial charge in [-0.2, -0.15) is 0 Å². The molecule has 1 fully saturated rings. The normalized spacial score (nSPS) is 17.1. The lowest BCUT2D eigenvalue weighted by Crippen LogP contribution is -2.46. The highest BCUT2D eigenvalue weighted by Crippen LogP contribution is 2.14. The molecule has 1 amide bonds. The van der Waals surface area contributed by atoms with E-state index < -0.39 is 0 Å². The third-order valence-corrected chi connectivity index (χ3v) is 4.57. The predicted molar refractivity (Wildman–Crippen MR) is 90.2 cm³/mol. The van der Waals surface area contributed by atoms with Gasteiger partial charge in [0.2, 0.25) is 0 Å². The molecule has 0 unspecified atom stereocenters. The second-order valence-electron chi connectivity index (χ2n) is 5.38. The molecular formula is C15H22IN3O. The van der Waals surface area contributed by atoms with E-state index in [0.29, 0.717) is 6.54 Å². The number of halogens is 1. The van der Waals surface area contributed by atoms with E-state index in [0.717, 1.165) is 41.9 Å². The van der Waals surface area contributed by atoms with Crippen LogP contribution < -0.4 is 5.32 Å². The van der Waals surface area contributed by atoms with Crippen molar-refractivity contribution in [3.05, 3.63) is 32.9 Å². The number of aryl methyl sites for hydroxylation is 1. The Kier molecular flexibility index (Phi) is 5.80. The zero-order valence-electron chi connectivity index (χ0n) is 12.2. The Bertz CT molecular complexity index is 470. The Morgan fingerprint density at radius 2 is 2.00 bits per heavy atom. The van der Waals surface area contributed by atoms with E-state index in [-0.39, 0.29) is 5.91 Å². The van der Waals surface area contributed by atoms with E-state index >= 15 is 0 Å². The lowest BCUT2D eigenvalue weighted by Gasteiger charge is -2.32. The number of rotatable bonds is 4. The van der Waals surface area contributed by atoms with Crippen LogP contribution in [0, 0.1) is 10.5 Å². The largest absolute Gasteiger partial charge is 0.351 e. The molecule has 1 heterocycles. The number of hydrogen-bond donors (Lipinski definition) is 1. The molecule has 5 heteroatoms. The van der Waals surface area contributed by atoms with Gasteiger partial charge in [-0.15, -0.1) is 0 Å². The zero-order chi connectivity index (χ0) is 14.5. The van der Waals surface area contributed by atoms with E-state index in [1.807, 2.05) is 25.1 Å². The highest BCUT2D eigenvalue weighted by atomic mass is 127. The number of carbonyl (C=O) groups is 1. The van der Waals surface area contributed by atoms with Crippen LogP contribution >= 0.6 is 22.6 Å². The van der Waals surface area contributed by atoms with Gasteiger partial charge in [-0.25, -0.2) is 0 Å². The number of hydrogen-bond acceptors (Lipinski definition) is 3. The third kappa shape index (κ3) is 4.43. The second kappa shape index (κ2) is 7.38. The first-order chi connectivity index (χ1) is 9.56. The minimum Gasteiger partial charge on any atom is -0.351 e. The lowest BCUT2D eigenvalue weighted by atomic mass is 10.1. The van der Waals surface area contributed by atoms with Crippen molar-refractivity contribution < 1.29 is 4.79 Å². The van der Waals surface area contributed by atoms with Gasteiger partial charge in [0.25, 0.3) is 5.91 Å². The van der Waals surface area contributed by atoms with Crippen molar-refractivity contribution >= 4 is 28.5 Å². The summed E-state index contributed by atoms with van der Waals surface area (Å²) in [6.07, 6.45) is 0. The molecule has 4 nitrogen and oxygen atoms in total. The van der Waals surface area contributed by atoms with Crippen LogP contribution in [0.15, 0.2) is 18.2 Å². The molecule has 0 bridgehead atoms. The lowest BCUT2D eigenvalue weighted by molar-refractivity contribution is 0.0940. The number of benzene rings is 1. The maximum Gasteiger partial charge on any atom is 0.252 e. The van der Waals surface area contributed by atoms with E-state index in [1.54, 1.807) is 0 Å². The van der Waals surface area contributed by atoms with E-state index in [2.05, 4.69) is 44.8 Å². The molecule has 110 valence electrons. The van der Waals surface area contributed by atoms with Crippen LogP contribution in [-0.2, 0) is 0 Å². The molecule has 1 saturated heterocycles. The number of likely N-dealkylation sites (N-methyl/N-ethyl adjacent to an activating group) is 1. The maximum absolute atomic E-state index is 12.1. The first-order valence-corrected chi connectivity index (χ1v) is 8.09. The fourth-order valence-corrected chi connectivity index (χ4v) is 3.21. The Balaban J connectivity index is 1.77. The molecule has 0 atom stereocenters. The summed E-state index contributed by atoms with van der Waals surface area (Å²) in [4.78, 5) is 16.9. The Hall–Kier alpha value is -0.660. The summed E-state index contributed by atoms with van der Waals surface area (Å²) in [7, 11) is 2.15. The number of piperazine rings is 1. The fourth-order valence-electron chi connectivity index (χ4n) is 2.30. The predicted octanol–water partition coefficient (Wildman–Crippen LogP) is 1.58. The fraction of sp³-hybridized carbons (Fsp3) is 0.533. The van der Waals surface area contributed by atoms with E-state index in [4.69, 9.17) is 0 Å². The third-order valence-electron chi connectivity index (χ3n) is 3.68. The zero-order valence-corrected chi connectivity index (χ0v) is 14.3. The molecule has 1 aliphatic rings. The monoisotopic (exact) mass is 387 g/mol. The first kappa shape index (κ1) is 15.7. The molecule has 1 N–H and O–H groups in total. The smallest absolute Gasteiger partial charge is 0.252 e. The van der Waals surface area contributed by atoms with Crippen molar-refractivity contribution in [3.8, 4) is 0 Å². The Morgan fingerprint density at radius 3 is 2.65 bits per heavy atom. The van der Waals surface area contributed by atoms with Crippen molar-refractivity contribution in [1.29, 1.82) is 0 Å². The molecule has 0 saturated carbocycles. The van der Waals surface area contributed by atoms with E-state index in [9.17, 15) is 4.79 Å². The molecule has 0 radical (unpaired) electrons. The van der Waals surface area contributed by atoms with Gasteiger partial charge in [0.15, 0.2) is 0 Å². The van der Waals surface area contributed by atoms with Crippen LogP contribution in [0.5, 0.6) is 0 Å². The van der Waals surface area contributed by atoms with Crippen molar-refractivity contribution in [3.63, 3.8) is 0 Å². The summed E-state index contributed by atoms with van der Waals surface area (Å²) >= 11 is 2.22. The second-order valence-corrected chi connectivity index (χ2v) is 6.55. The molecule has 0 aliphatic carbocycles. The molecule has 20 heavy (non-hydrogen) atoms. The van der Waals surface area contributed by atoms with Gasteiger partial charge >= 0.3 is 0 Å². The summed E-state index contributed by atoms with van der Waals surface area (Å²) < 4.78 is 1.01. The average molecular weight is 387 g/mol. The number of nitrogens with zero attached hydrogens (tertiary/aromatic N) is 2. The van der Waals surface area contributed by atoms with Gasteiger partial charge in [-0.05, 0) is 48.7 Å². The Morgan fingerprint density at radius 1 is 1.30 bits per heavy atom. The van der Waals surface area contributed by atoms with Gasteiger partial charge in [-0.1, -0.05) is 11.6 Å². The van der Waals surface area contributed by atoms with Crippen LogP contribution in [-0.4, -0.2) is 62.0 Å². The maximum atomic E-state index is 12.1. The van der Waals surface area contributed by atoms with Gasteiger partial charge in [0.1, 0.15) is 0 Å². The van der Waals surface area contributed by atoms with Gasteiger partial charge in [0, 0.05) is 42.8 Å². The summed E-state index contributed by atoms with van der Waals surface area (Å²) in [6, 6.07) is 5.93. The van der Waals surface area contributed by atoms with Crippen LogP contribution in [0.4, 0.5) is 0 Å². The minimum atomic E-state index is 0.0310. The highest BCUT2D eigenvalue weighted by Gasteiger charge is 2.14. The number of amides is 1. The van der Waals surface area contributed by atoms with E-state index in [1.165, 1.54) is 5.56 Å². The first-order valence-electron chi connectivity index (χ1n) is 7.01. The van der Waals surface area contributed by atoms with Crippen molar-refractivity contribution in [2.24, 2.45) is 0 Å². The average Bonchev–Trinajstić information content (AvgIpc) is 2.41. The van der Waals surface area contributed by atoms with Crippen LogP contribution in [0.3, 0.4) is 0 Å². The summed E-state index contributed by atoms with van der Waals surface area (Å²) in [5, 5.41) is 3.02.